The minimum atomic E-state index is -2.18. The minimum Gasteiger partial charge on any atom is -0.474 e. The second-order valence-electron chi connectivity index (χ2n) is 11.6. The third-order valence-corrected chi connectivity index (χ3v) is 13.7. The number of aryl methyl sites for hydroxylation is 1. The standard InChI is InChI=1S/C25H38N4O5SSi/c1-25(2,3)36(4,5)34-17(21(26)30)12-14-6-11-18-19(14)20-22(27-13-28-23(20)35-18)33-16-9-7-15(8-10-16)29-24(31)32/h13-17,29H,6-12H2,1-5H3,(H2,26,30)(H,31,32)/t14-,15?,16?,17-/m1/s1. The molecule has 2 aliphatic carbocycles. The van der Waals surface area contributed by atoms with Gasteiger partial charge in [0, 0.05) is 10.9 Å². The fraction of sp³-hybridized carbons (Fsp3) is 0.680. The average molecular weight is 535 g/mol. The lowest BCUT2D eigenvalue weighted by Gasteiger charge is -2.39. The lowest BCUT2D eigenvalue weighted by molar-refractivity contribution is -0.125. The van der Waals surface area contributed by atoms with Crippen molar-refractivity contribution in [2.24, 2.45) is 5.73 Å². The summed E-state index contributed by atoms with van der Waals surface area (Å²) in [6.07, 6.45) is 5.30. The maximum Gasteiger partial charge on any atom is 0.404 e. The van der Waals surface area contributed by atoms with Crippen LogP contribution in [0.2, 0.25) is 18.1 Å². The molecule has 2 aromatic rings. The smallest absolute Gasteiger partial charge is 0.404 e. The number of amides is 2. The number of nitrogens with zero attached hydrogens (tertiary/aromatic N) is 2. The van der Waals surface area contributed by atoms with E-state index in [2.05, 4.69) is 49.1 Å². The van der Waals surface area contributed by atoms with E-state index < -0.39 is 26.4 Å². The first kappa shape index (κ1) is 26.8. The summed E-state index contributed by atoms with van der Waals surface area (Å²) in [5.41, 5.74) is 7.02. The van der Waals surface area contributed by atoms with E-state index in [9.17, 15) is 9.59 Å². The highest BCUT2D eigenvalue weighted by Gasteiger charge is 2.42. The number of aromatic nitrogens is 2. The highest BCUT2D eigenvalue weighted by Crippen LogP contribution is 2.48. The lowest BCUT2D eigenvalue weighted by atomic mass is 9.93. The van der Waals surface area contributed by atoms with Gasteiger partial charge >= 0.3 is 6.09 Å². The summed E-state index contributed by atoms with van der Waals surface area (Å²) in [7, 11) is -2.18. The van der Waals surface area contributed by atoms with Crippen LogP contribution in [0, 0.1) is 0 Å². The molecule has 0 aromatic carbocycles. The first-order valence-corrected chi connectivity index (χ1v) is 16.5. The van der Waals surface area contributed by atoms with E-state index in [-0.39, 0.29) is 23.1 Å². The van der Waals surface area contributed by atoms with Crippen molar-refractivity contribution in [3.05, 3.63) is 16.8 Å². The van der Waals surface area contributed by atoms with Gasteiger partial charge in [-0.05, 0) is 74.6 Å². The number of nitrogens with one attached hydrogen (secondary N) is 1. The topological polar surface area (TPSA) is 137 Å². The molecule has 2 aliphatic rings. The monoisotopic (exact) mass is 534 g/mol. The van der Waals surface area contributed by atoms with Crippen LogP contribution >= 0.6 is 11.3 Å². The molecule has 0 radical (unpaired) electrons. The molecule has 11 heteroatoms. The van der Waals surface area contributed by atoms with Gasteiger partial charge in [0.15, 0.2) is 8.32 Å². The first-order chi connectivity index (χ1) is 16.9. The van der Waals surface area contributed by atoms with Crippen LogP contribution in [0.15, 0.2) is 6.33 Å². The lowest BCUT2D eigenvalue weighted by Crippen LogP contribution is -2.48. The van der Waals surface area contributed by atoms with E-state index in [1.165, 1.54) is 10.4 Å². The maximum atomic E-state index is 12.5. The van der Waals surface area contributed by atoms with Gasteiger partial charge in [-0.25, -0.2) is 14.8 Å². The molecule has 2 atom stereocenters. The molecule has 4 N–H and O–H groups in total. The molecule has 0 unspecified atom stereocenters. The molecule has 198 valence electrons. The van der Waals surface area contributed by atoms with E-state index in [1.54, 1.807) is 17.7 Å². The number of rotatable bonds is 8. The number of thiophene rings is 1. The van der Waals surface area contributed by atoms with Gasteiger partial charge in [-0.3, -0.25) is 4.79 Å². The Kier molecular flexibility index (Phi) is 7.64. The number of carboxylic acid groups (broad SMARTS) is 1. The Hall–Kier alpha value is -2.24. The molecular weight excluding hydrogens is 496 g/mol. The zero-order valence-corrected chi connectivity index (χ0v) is 23.6. The zero-order chi connectivity index (χ0) is 26.3. The third kappa shape index (κ3) is 5.68. The van der Waals surface area contributed by atoms with Crippen LogP contribution in [-0.2, 0) is 15.6 Å². The van der Waals surface area contributed by atoms with E-state index in [4.69, 9.17) is 20.0 Å². The number of carbonyl (C=O) groups is 2. The summed E-state index contributed by atoms with van der Waals surface area (Å²) in [5, 5.41) is 12.5. The number of carbonyl (C=O) groups excluding carboxylic acids is 1. The fourth-order valence-electron chi connectivity index (χ4n) is 5.04. The number of hydrogen-bond acceptors (Lipinski definition) is 7. The largest absolute Gasteiger partial charge is 0.474 e. The van der Waals surface area contributed by atoms with Gasteiger partial charge in [-0.15, -0.1) is 11.3 Å². The molecule has 36 heavy (non-hydrogen) atoms. The Morgan fingerprint density at radius 2 is 1.92 bits per heavy atom. The van der Waals surface area contributed by atoms with Crippen molar-refractivity contribution < 1.29 is 23.9 Å². The van der Waals surface area contributed by atoms with Gasteiger partial charge in [-0.1, -0.05) is 20.8 Å². The second kappa shape index (κ2) is 10.3. The molecule has 0 spiro atoms. The zero-order valence-electron chi connectivity index (χ0n) is 21.8. The van der Waals surface area contributed by atoms with Crippen molar-refractivity contribution in [2.45, 2.75) is 108 Å². The number of ether oxygens (including phenoxy) is 1. The van der Waals surface area contributed by atoms with Gasteiger partial charge < -0.3 is 25.3 Å². The molecule has 2 aromatic heterocycles. The Morgan fingerprint density at radius 3 is 2.53 bits per heavy atom. The molecule has 9 nitrogen and oxygen atoms in total. The number of fused-ring (bicyclic) bond motifs is 3. The number of primary amides is 1. The molecule has 1 saturated carbocycles. The van der Waals surface area contributed by atoms with Gasteiger partial charge in [-0.2, -0.15) is 0 Å². The molecule has 1 fully saturated rings. The predicted octanol–water partition coefficient (Wildman–Crippen LogP) is 4.94. The Balaban J connectivity index is 1.55. The molecule has 4 rings (SSSR count). The molecule has 0 bridgehead atoms. The summed E-state index contributed by atoms with van der Waals surface area (Å²) in [4.78, 5) is 34.6. The highest BCUT2D eigenvalue weighted by atomic mass is 32.1. The van der Waals surface area contributed by atoms with E-state index in [0.29, 0.717) is 12.3 Å². The SMILES string of the molecule is CC(C)(C)[Si](C)(C)O[C@H](C[C@H]1CCc2sc3ncnc(OC4CCC(NC(=O)O)CC4)c3c21)C(N)=O. The van der Waals surface area contributed by atoms with Crippen LogP contribution in [0.3, 0.4) is 0 Å². The van der Waals surface area contributed by atoms with Crippen LogP contribution < -0.4 is 15.8 Å². The van der Waals surface area contributed by atoms with Crippen LogP contribution in [0.5, 0.6) is 5.88 Å². The highest BCUT2D eigenvalue weighted by molar-refractivity contribution is 7.19. The van der Waals surface area contributed by atoms with Crippen molar-refractivity contribution in [3.8, 4) is 5.88 Å². The second-order valence-corrected chi connectivity index (χ2v) is 17.4. The summed E-state index contributed by atoms with van der Waals surface area (Å²) in [6, 6.07) is -0.0332. The molecular formula is C25H38N4O5SSi. The van der Waals surface area contributed by atoms with Crippen molar-refractivity contribution in [3.63, 3.8) is 0 Å². The summed E-state index contributed by atoms with van der Waals surface area (Å²) in [5.74, 6) is 0.298. The minimum absolute atomic E-state index is 0.0226. The summed E-state index contributed by atoms with van der Waals surface area (Å²) in [6.45, 7) is 10.8. The van der Waals surface area contributed by atoms with Crippen molar-refractivity contribution >= 4 is 41.9 Å². The summed E-state index contributed by atoms with van der Waals surface area (Å²) >= 11 is 1.67. The van der Waals surface area contributed by atoms with Crippen LogP contribution in [0.4, 0.5) is 4.79 Å². The summed E-state index contributed by atoms with van der Waals surface area (Å²) < 4.78 is 12.9. The van der Waals surface area contributed by atoms with E-state index in [1.807, 2.05) is 0 Å². The molecule has 2 amide bonds. The first-order valence-electron chi connectivity index (χ1n) is 12.7. The number of hydrogen-bond donors (Lipinski definition) is 3. The molecule has 0 aliphatic heterocycles. The van der Waals surface area contributed by atoms with Gasteiger partial charge in [0.2, 0.25) is 11.8 Å². The van der Waals surface area contributed by atoms with E-state index >= 15 is 0 Å². The normalized spacial score (nSPS) is 23.3. The van der Waals surface area contributed by atoms with Crippen molar-refractivity contribution in [1.29, 1.82) is 0 Å². The van der Waals surface area contributed by atoms with E-state index in [0.717, 1.165) is 48.7 Å². The quantitative estimate of drug-likeness (QED) is 0.408. The Bertz CT molecular complexity index is 1120. The Labute approximate surface area is 217 Å². The van der Waals surface area contributed by atoms with Crippen LogP contribution in [-0.4, -0.2) is 53.6 Å². The van der Waals surface area contributed by atoms with Gasteiger partial charge in [0.05, 0.1) is 5.39 Å². The molecule has 0 saturated heterocycles. The van der Waals surface area contributed by atoms with Crippen molar-refractivity contribution in [2.75, 3.05) is 0 Å². The van der Waals surface area contributed by atoms with Crippen LogP contribution in [0.1, 0.15) is 75.7 Å². The molecule has 2 heterocycles. The third-order valence-electron chi connectivity index (χ3n) is 8.03. The van der Waals surface area contributed by atoms with Crippen LogP contribution in [0.25, 0.3) is 10.2 Å². The number of nitrogens with two attached hydrogens (primary N) is 1. The Morgan fingerprint density at radius 1 is 1.22 bits per heavy atom. The van der Waals surface area contributed by atoms with Crippen molar-refractivity contribution in [1.82, 2.24) is 15.3 Å². The maximum absolute atomic E-state index is 12.5. The predicted molar refractivity (Wildman–Crippen MR) is 142 cm³/mol. The average Bonchev–Trinajstić information content (AvgIpc) is 3.33. The van der Waals surface area contributed by atoms with Gasteiger partial charge in [0.25, 0.3) is 0 Å². The fourth-order valence-corrected chi connectivity index (χ4v) is 7.54. The van der Waals surface area contributed by atoms with Gasteiger partial charge in [0.1, 0.15) is 23.4 Å².